The molecular weight excluding hydrogens is 330 g/mol. The number of aromatic nitrogens is 4. The first kappa shape index (κ1) is 12.5. The predicted octanol–water partition coefficient (Wildman–Crippen LogP) is 2.53. The van der Waals surface area contributed by atoms with Crippen molar-refractivity contribution < 1.29 is 4.52 Å². The minimum atomic E-state index is -0.342. The summed E-state index contributed by atoms with van der Waals surface area (Å²) < 4.78 is 6.23. The molecule has 19 heavy (non-hydrogen) atoms. The van der Waals surface area contributed by atoms with Crippen LogP contribution in [-0.4, -0.2) is 20.1 Å². The molecule has 0 unspecified atom stereocenters. The zero-order chi connectivity index (χ0) is 13.2. The van der Waals surface area contributed by atoms with Gasteiger partial charge in [0.2, 0.25) is 11.7 Å². The van der Waals surface area contributed by atoms with Crippen LogP contribution in [0.3, 0.4) is 0 Å². The number of aromatic amines is 1. The smallest absolute Gasteiger partial charge is 0.244 e. The number of halogens is 1. The van der Waals surface area contributed by atoms with E-state index in [1.807, 2.05) is 12.1 Å². The second-order valence-electron chi connectivity index (χ2n) is 3.95. The van der Waals surface area contributed by atoms with Crippen molar-refractivity contribution in [3.8, 4) is 10.7 Å². The van der Waals surface area contributed by atoms with Gasteiger partial charge in [-0.25, -0.2) is 4.98 Å². The summed E-state index contributed by atoms with van der Waals surface area (Å²) in [5.41, 5.74) is 6.97. The molecule has 0 bridgehead atoms. The first-order valence-electron chi connectivity index (χ1n) is 5.54. The summed E-state index contributed by atoms with van der Waals surface area (Å²) in [5, 5.41) is 3.95. The first-order valence-corrected chi connectivity index (χ1v) is 7.15. The fraction of sp³-hybridized carbons (Fsp3) is 0.182. The van der Waals surface area contributed by atoms with Crippen LogP contribution in [0.5, 0.6) is 0 Å². The van der Waals surface area contributed by atoms with Gasteiger partial charge in [0.25, 0.3) is 0 Å². The van der Waals surface area contributed by atoms with Gasteiger partial charge in [-0.2, -0.15) is 4.98 Å². The summed E-state index contributed by atoms with van der Waals surface area (Å²) in [6.45, 7) is 0. The van der Waals surface area contributed by atoms with E-state index in [9.17, 15) is 0 Å². The van der Waals surface area contributed by atoms with Gasteiger partial charge in [-0.1, -0.05) is 5.16 Å². The average molecular weight is 340 g/mol. The Morgan fingerprint density at radius 1 is 1.47 bits per heavy atom. The summed E-state index contributed by atoms with van der Waals surface area (Å²) in [5.74, 6) is 0.986. The fourth-order valence-electron chi connectivity index (χ4n) is 1.64. The standard InChI is InChI=1S/C11H10BrN5OS/c12-9-2-1-8(19-9)10-16-11(18-17-10)7(13)3-6-4-14-5-15-6/h1-2,4-5,7H,3,13H2,(H,14,15)/t7-/m1/s1. The molecule has 0 spiro atoms. The Morgan fingerprint density at radius 2 is 2.37 bits per heavy atom. The van der Waals surface area contributed by atoms with Crippen molar-refractivity contribution in [1.29, 1.82) is 0 Å². The Balaban J connectivity index is 1.77. The fourth-order valence-corrected chi connectivity index (χ4v) is 2.95. The van der Waals surface area contributed by atoms with Crippen LogP contribution < -0.4 is 5.73 Å². The number of hydrogen-bond donors (Lipinski definition) is 2. The number of imidazole rings is 1. The van der Waals surface area contributed by atoms with Gasteiger partial charge in [0.1, 0.15) is 0 Å². The second kappa shape index (κ2) is 5.24. The molecule has 1 atom stereocenters. The number of nitrogens with zero attached hydrogens (tertiary/aromatic N) is 3. The Morgan fingerprint density at radius 3 is 3.05 bits per heavy atom. The van der Waals surface area contributed by atoms with Crippen molar-refractivity contribution in [2.45, 2.75) is 12.5 Å². The minimum Gasteiger partial charge on any atom is -0.348 e. The van der Waals surface area contributed by atoms with Crippen LogP contribution >= 0.6 is 27.3 Å². The number of nitrogens with one attached hydrogen (secondary N) is 1. The Labute approximate surface area is 121 Å². The summed E-state index contributed by atoms with van der Waals surface area (Å²) in [6, 6.07) is 3.54. The summed E-state index contributed by atoms with van der Waals surface area (Å²) in [7, 11) is 0. The SMILES string of the molecule is N[C@H](Cc1cnc[nH]1)c1nc(-c2ccc(Br)s2)no1. The van der Waals surface area contributed by atoms with Crippen LogP contribution in [0.1, 0.15) is 17.6 Å². The summed E-state index contributed by atoms with van der Waals surface area (Å²) in [6.07, 6.45) is 3.92. The number of thiophene rings is 1. The lowest BCUT2D eigenvalue weighted by molar-refractivity contribution is 0.354. The van der Waals surface area contributed by atoms with Crippen molar-refractivity contribution >= 4 is 27.3 Å². The lowest BCUT2D eigenvalue weighted by Gasteiger charge is -2.03. The third-order valence-corrected chi connectivity index (χ3v) is 4.17. The highest BCUT2D eigenvalue weighted by Gasteiger charge is 2.17. The lowest BCUT2D eigenvalue weighted by Crippen LogP contribution is -2.13. The van der Waals surface area contributed by atoms with Crippen molar-refractivity contribution in [2.75, 3.05) is 0 Å². The molecule has 3 aromatic heterocycles. The van der Waals surface area contributed by atoms with Crippen LogP contribution in [0, 0.1) is 0 Å². The van der Waals surface area contributed by atoms with Crippen LogP contribution in [0.15, 0.2) is 33.0 Å². The van der Waals surface area contributed by atoms with Crippen molar-refractivity contribution in [3.05, 3.63) is 40.0 Å². The zero-order valence-corrected chi connectivity index (χ0v) is 12.1. The van der Waals surface area contributed by atoms with Crippen molar-refractivity contribution in [1.82, 2.24) is 20.1 Å². The van der Waals surface area contributed by atoms with Gasteiger partial charge in [0.15, 0.2) is 0 Å². The van der Waals surface area contributed by atoms with E-state index < -0.39 is 0 Å². The molecule has 0 aliphatic rings. The highest BCUT2D eigenvalue weighted by atomic mass is 79.9. The van der Waals surface area contributed by atoms with E-state index >= 15 is 0 Å². The van der Waals surface area contributed by atoms with Gasteiger partial charge < -0.3 is 15.2 Å². The predicted molar refractivity (Wildman–Crippen MR) is 74.5 cm³/mol. The van der Waals surface area contributed by atoms with E-state index in [1.165, 1.54) is 0 Å². The number of hydrogen-bond acceptors (Lipinski definition) is 6. The Kier molecular flexibility index (Phi) is 3.45. The van der Waals surface area contributed by atoms with Gasteiger partial charge in [-0.3, -0.25) is 0 Å². The molecule has 3 heterocycles. The molecule has 3 N–H and O–H groups in total. The Bertz CT molecular complexity index is 662. The molecular formula is C11H10BrN5OS. The van der Waals surface area contributed by atoms with Crippen LogP contribution in [0.25, 0.3) is 10.7 Å². The van der Waals surface area contributed by atoms with Crippen LogP contribution in [0.2, 0.25) is 0 Å². The molecule has 0 aromatic carbocycles. The maximum absolute atomic E-state index is 6.03. The molecule has 3 aromatic rings. The molecule has 0 amide bonds. The van der Waals surface area contributed by atoms with Crippen molar-refractivity contribution in [3.63, 3.8) is 0 Å². The topological polar surface area (TPSA) is 93.6 Å². The van der Waals surface area contributed by atoms with E-state index in [2.05, 4.69) is 36.0 Å². The molecule has 3 rings (SSSR count). The quantitative estimate of drug-likeness (QED) is 0.761. The molecule has 0 aliphatic heterocycles. The van der Waals surface area contributed by atoms with E-state index in [0.29, 0.717) is 18.1 Å². The van der Waals surface area contributed by atoms with E-state index in [0.717, 1.165) is 14.4 Å². The van der Waals surface area contributed by atoms with Gasteiger partial charge in [-0.05, 0) is 28.1 Å². The van der Waals surface area contributed by atoms with E-state index in [-0.39, 0.29) is 6.04 Å². The van der Waals surface area contributed by atoms with Crippen LogP contribution in [-0.2, 0) is 6.42 Å². The molecule has 0 radical (unpaired) electrons. The van der Waals surface area contributed by atoms with Gasteiger partial charge in [0.05, 0.1) is 21.0 Å². The first-order chi connectivity index (χ1) is 9.22. The number of rotatable bonds is 4. The summed E-state index contributed by atoms with van der Waals surface area (Å²) in [4.78, 5) is 12.2. The summed E-state index contributed by atoms with van der Waals surface area (Å²) >= 11 is 4.95. The number of nitrogens with two attached hydrogens (primary N) is 1. The molecule has 0 fully saturated rings. The van der Waals surface area contributed by atoms with Crippen molar-refractivity contribution in [2.24, 2.45) is 5.73 Å². The largest absolute Gasteiger partial charge is 0.348 e. The molecule has 0 saturated carbocycles. The zero-order valence-electron chi connectivity index (χ0n) is 9.71. The highest BCUT2D eigenvalue weighted by Crippen LogP contribution is 2.29. The molecule has 0 aliphatic carbocycles. The third kappa shape index (κ3) is 2.75. The normalized spacial score (nSPS) is 12.7. The third-order valence-electron chi connectivity index (χ3n) is 2.55. The van der Waals surface area contributed by atoms with Gasteiger partial charge in [0, 0.05) is 18.3 Å². The van der Waals surface area contributed by atoms with Gasteiger partial charge in [-0.15, -0.1) is 11.3 Å². The Hall–Kier alpha value is -1.51. The minimum absolute atomic E-state index is 0.342. The lowest BCUT2D eigenvalue weighted by atomic mass is 10.2. The molecule has 8 heteroatoms. The molecule has 6 nitrogen and oxygen atoms in total. The average Bonchev–Trinajstić information content (AvgIpc) is 3.07. The monoisotopic (exact) mass is 339 g/mol. The maximum Gasteiger partial charge on any atom is 0.244 e. The second-order valence-corrected chi connectivity index (χ2v) is 6.41. The highest BCUT2D eigenvalue weighted by molar-refractivity contribution is 9.11. The van der Waals surface area contributed by atoms with Crippen LogP contribution in [0.4, 0.5) is 0 Å². The molecule has 0 saturated heterocycles. The number of H-pyrrole nitrogens is 1. The van der Waals surface area contributed by atoms with E-state index in [4.69, 9.17) is 10.3 Å². The molecule has 98 valence electrons. The van der Waals surface area contributed by atoms with Gasteiger partial charge >= 0.3 is 0 Å². The maximum atomic E-state index is 6.03. The van der Waals surface area contributed by atoms with E-state index in [1.54, 1.807) is 23.9 Å².